The molecule has 0 amide bonds. The van der Waals surface area contributed by atoms with Crippen molar-refractivity contribution >= 4 is 47.6 Å². The monoisotopic (exact) mass is 437 g/mol. The molecule has 2 rings (SSSR count). The fourth-order valence-electron chi connectivity index (χ4n) is 1.63. The van der Waals surface area contributed by atoms with E-state index in [2.05, 4.69) is 36.6 Å². The Hall–Kier alpha value is -0.960. The second-order valence-corrected chi connectivity index (χ2v) is 7.51. The largest absolute Gasteiger partial charge is 0.392 e. The maximum Gasteiger partial charge on any atom is 0.263 e. The molecular weight excluding hydrogens is 429 g/mol. The highest BCUT2D eigenvalue weighted by Gasteiger charge is 2.19. The summed E-state index contributed by atoms with van der Waals surface area (Å²) in [5, 5.41) is 9.03. The first-order valence-electron chi connectivity index (χ1n) is 5.70. The number of aliphatic hydroxyl groups excluding tert-OH is 1. The van der Waals surface area contributed by atoms with E-state index in [4.69, 9.17) is 5.11 Å². The zero-order valence-corrected chi connectivity index (χ0v) is 14.5. The predicted molar refractivity (Wildman–Crippen MR) is 85.0 cm³/mol. The summed E-state index contributed by atoms with van der Waals surface area (Å²) in [7, 11) is -3.84. The summed E-state index contributed by atoms with van der Waals surface area (Å²) < 4.78 is 40.7. The summed E-state index contributed by atoms with van der Waals surface area (Å²) in [4.78, 5) is 0.0240. The van der Waals surface area contributed by atoms with Crippen LogP contribution in [0.25, 0.3) is 0 Å². The van der Waals surface area contributed by atoms with Gasteiger partial charge in [-0.05, 0) is 67.8 Å². The lowest BCUT2D eigenvalue weighted by Crippen LogP contribution is -2.14. The van der Waals surface area contributed by atoms with Crippen molar-refractivity contribution in [1.82, 2.24) is 0 Å². The highest BCUT2D eigenvalue weighted by Crippen LogP contribution is 2.29. The zero-order valence-electron chi connectivity index (χ0n) is 10.5. The first kappa shape index (κ1) is 16.4. The van der Waals surface area contributed by atoms with E-state index in [9.17, 15) is 12.8 Å². The molecule has 0 unspecified atom stereocenters. The fraction of sp³-hybridized carbons (Fsp3) is 0.0769. The molecule has 0 aromatic heterocycles. The Labute approximate surface area is 138 Å². The van der Waals surface area contributed by atoms with E-state index < -0.39 is 15.8 Å². The standard InChI is InChI=1S/C13H10Br2FNO3S/c14-10-6-9(16)2-3-12(10)17-21(19,20)13-4-1-8(7-18)5-11(13)15/h1-6,17-18H,7H2. The first-order valence-corrected chi connectivity index (χ1v) is 8.77. The Morgan fingerprint density at radius 2 is 1.81 bits per heavy atom. The average Bonchev–Trinajstić information content (AvgIpc) is 2.41. The van der Waals surface area contributed by atoms with E-state index in [0.29, 0.717) is 14.5 Å². The van der Waals surface area contributed by atoms with E-state index in [1.165, 1.54) is 30.3 Å². The lowest BCUT2D eigenvalue weighted by Gasteiger charge is -2.11. The lowest BCUT2D eigenvalue weighted by atomic mass is 10.2. The Morgan fingerprint density at radius 1 is 1.10 bits per heavy atom. The molecule has 0 saturated heterocycles. The van der Waals surface area contributed by atoms with Crippen LogP contribution in [0.2, 0.25) is 0 Å². The molecule has 2 aromatic carbocycles. The maximum atomic E-state index is 13.0. The molecule has 0 saturated carbocycles. The molecule has 0 atom stereocenters. The van der Waals surface area contributed by atoms with Crippen molar-refractivity contribution in [3.05, 3.63) is 56.7 Å². The van der Waals surface area contributed by atoms with Gasteiger partial charge in [0.05, 0.1) is 12.3 Å². The molecule has 0 aliphatic rings. The van der Waals surface area contributed by atoms with Gasteiger partial charge in [-0.25, -0.2) is 12.8 Å². The molecule has 0 aliphatic heterocycles. The SMILES string of the molecule is O=S(=O)(Nc1ccc(F)cc1Br)c1ccc(CO)cc1Br. The van der Waals surface area contributed by atoms with Gasteiger partial charge in [0.2, 0.25) is 0 Å². The number of rotatable bonds is 4. The number of halogens is 3. The van der Waals surface area contributed by atoms with Gasteiger partial charge < -0.3 is 5.11 Å². The second kappa shape index (κ2) is 6.43. The molecular formula is C13H10Br2FNO3S. The first-order chi connectivity index (χ1) is 9.83. The number of benzene rings is 2. The van der Waals surface area contributed by atoms with Crippen LogP contribution in [0.15, 0.2) is 50.2 Å². The number of hydrogen-bond acceptors (Lipinski definition) is 3. The summed E-state index contributed by atoms with van der Waals surface area (Å²) >= 11 is 6.27. The molecule has 0 aliphatic carbocycles. The minimum absolute atomic E-state index is 0.0240. The molecule has 0 heterocycles. The van der Waals surface area contributed by atoms with Gasteiger partial charge in [0.15, 0.2) is 0 Å². The van der Waals surface area contributed by atoms with Crippen LogP contribution in [0.5, 0.6) is 0 Å². The molecule has 0 spiro atoms. The smallest absolute Gasteiger partial charge is 0.263 e. The van der Waals surface area contributed by atoms with Crippen LogP contribution >= 0.6 is 31.9 Å². The molecule has 21 heavy (non-hydrogen) atoms. The molecule has 2 N–H and O–H groups in total. The number of sulfonamides is 1. The summed E-state index contributed by atoms with van der Waals surface area (Å²) in [5.41, 5.74) is 0.818. The van der Waals surface area contributed by atoms with Crippen LogP contribution in [0, 0.1) is 5.82 Å². The van der Waals surface area contributed by atoms with Crippen LogP contribution < -0.4 is 4.72 Å². The van der Waals surface area contributed by atoms with Gasteiger partial charge in [0.1, 0.15) is 10.7 Å². The van der Waals surface area contributed by atoms with Crippen molar-refractivity contribution in [2.45, 2.75) is 11.5 Å². The quantitative estimate of drug-likeness (QED) is 0.765. The molecule has 2 aromatic rings. The third kappa shape index (κ3) is 3.82. The van der Waals surface area contributed by atoms with E-state index in [0.717, 1.165) is 6.07 Å². The highest BCUT2D eigenvalue weighted by molar-refractivity contribution is 9.11. The maximum absolute atomic E-state index is 13.0. The van der Waals surface area contributed by atoms with Gasteiger partial charge in [-0.15, -0.1) is 0 Å². The number of anilines is 1. The van der Waals surface area contributed by atoms with Crippen molar-refractivity contribution in [3.8, 4) is 0 Å². The minimum Gasteiger partial charge on any atom is -0.392 e. The van der Waals surface area contributed by atoms with Crippen molar-refractivity contribution in [2.24, 2.45) is 0 Å². The Balaban J connectivity index is 2.38. The van der Waals surface area contributed by atoms with E-state index >= 15 is 0 Å². The van der Waals surface area contributed by atoms with E-state index in [1.54, 1.807) is 0 Å². The van der Waals surface area contributed by atoms with Gasteiger partial charge in [0.25, 0.3) is 10.0 Å². The molecule has 0 radical (unpaired) electrons. The van der Waals surface area contributed by atoms with Gasteiger partial charge in [-0.1, -0.05) is 6.07 Å². The zero-order chi connectivity index (χ0) is 15.6. The summed E-state index contributed by atoms with van der Waals surface area (Å²) in [6, 6.07) is 8.07. The molecule has 112 valence electrons. The predicted octanol–water partition coefficient (Wildman–Crippen LogP) is 3.64. The van der Waals surface area contributed by atoms with Gasteiger partial charge in [-0.3, -0.25) is 4.72 Å². The third-order valence-electron chi connectivity index (χ3n) is 2.64. The fourth-order valence-corrected chi connectivity index (χ4v) is 4.42. The van der Waals surface area contributed by atoms with E-state index in [1.807, 2.05) is 0 Å². The molecule has 0 bridgehead atoms. The van der Waals surface area contributed by atoms with Crippen molar-refractivity contribution in [3.63, 3.8) is 0 Å². The summed E-state index contributed by atoms with van der Waals surface area (Å²) in [6.45, 7) is -0.185. The number of hydrogen-bond donors (Lipinski definition) is 2. The topological polar surface area (TPSA) is 66.4 Å². The summed E-state index contributed by atoms with van der Waals surface area (Å²) in [5.74, 6) is -0.474. The van der Waals surface area contributed by atoms with Crippen LogP contribution in [-0.2, 0) is 16.6 Å². The minimum atomic E-state index is -3.84. The Kier molecular flexibility index (Phi) is 5.03. The number of nitrogens with one attached hydrogen (secondary N) is 1. The third-order valence-corrected chi connectivity index (χ3v) is 5.64. The van der Waals surface area contributed by atoms with Crippen molar-refractivity contribution in [1.29, 1.82) is 0 Å². The van der Waals surface area contributed by atoms with Crippen LogP contribution in [0.3, 0.4) is 0 Å². The normalized spacial score (nSPS) is 11.4. The van der Waals surface area contributed by atoms with Crippen LogP contribution in [0.4, 0.5) is 10.1 Å². The van der Waals surface area contributed by atoms with Gasteiger partial charge in [-0.2, -0.15) is 0 Å². The Morgan fingerprint density at radius 3 is 2.38 bits per heavy atom. The van der Waals surface area contributed by atoms with Crippen LogP contribution in [0.1, 0.15) is 5.56 Å². The average molecular weight is 439 g/mol. The lowest BCUT2D eigenvalue weighted by molar-refractivity contribution is 0.281. The summed E-state index contributed by atoms with van der Waals surface area (Å²) in [6.07, 6.45) is 0. The van der Waals surface area contributed by atoms with E-state index in [-0.39, 0.29) is 17.2 Å². The number of aliphatic hydroxyl groups is 1. The molecule has 4 nitrogen and oxygen atoms in total. The second-order valence-electron chi connectivity index (χ2n) is 4.15. The Bertz CT molecular complexity index is 781. The van der Waals surface area contributed by atoms with Crippen LogP contribution in [-0.4, -0.2) is 13.5 Å². The van der Waals surface area contributed by atoms with Crippen molar-refractivity contribution < 1.29 is 17.9 Å². The van der Waals surface area contributed by atoms with Gasteiger partial charge >= 0.3 is 0 Å². The van der Waals surface area contributed by atoms with Gasteiger partial charge in [0, 0.05) is 8.95 Å². The molecule has 8 heteroatoms. The van der Waals surface area contributed by atoms with Crippen molar-refractivity contribution in [2.75, 3.05) is 4.72 Å². The molecule has 0 fully saturated rings. The highest BCUT2D eigenvalue weighted by atomic mass is 79.9.